The summed E-state index contributed by atoms with van der Waals surface area (Å²) in [6.07, 6.45) is 0. The van der Waals surface area contributed by atoms with Crippen LogP contribution in [0, 0.1) is 10.1 Å². The summed E-state index contributed by atoms with van der Waals surface area (Å²) >= 11 is 4.16. The fraction of sp³-hybridized carbons (Fsp3) is 0. The molecule has 8 heteroatoms. The topological polar surface area (TPSA) is 77.3 Å². The first-order valence-corrected chi connectivity index (χ1v) is 5.52. The number of non-ortho nitro benzene ring substituents is 1. The predicted octanol–water partition coefficient (Wildman–Crippen LogP) is -2.17. The van der Waals surface area contributed by atoms with E-state index in [4.69, 9.17) is 0 Å². The summed E-state index contributed by atoms with van der Waals surface area (Å²) in [6.45, 7) is 0. The van der Waals surface area contributed by atoms with Crippen LogP contribution in [0.4, 0.5) is 5.69 Å². The Hall–Kier alpha value is -0.0800. The third-order valence-corrected chi connectivity index (χ3v) is 2.76. The third-order valence-electron chi connectivity index (χ3n) is 1.34. The monoisotopic (exact) mass is 241 g/mol. The molecular weight excluding hydrogens is 237 g/mol. The van der Waals surface area contributed by atoms with E-state index in [1.807, 2.05) is 0 Å². The summed E-state index contributed by atoms with van der Waals surface area (Å²) in [4.78, 5) is 9.48. The number of rotatable bonds is 2. The van der Waals surface area contributed by atoms with E-state index in [0.29, 0.717) is 0 Å². The zero-order chi connectivity index (χ0) is 10.1. The second-order valence-corrected chi connectivity index (χ2v) is 4.90. The maximum atomic E-state index is 10.8. The summed E-state index contributed by atoms with van der Waals surface area (Å²) < 4.78 is 21.5. The van der Waals surface area contributed by atoms with Crippen molar-refractivity contribution in [1.82, 2.24) is 0 Å². The van der Waals surface area contributed by atoms with Gasteiger partial charge in [0, 0.05) is 17.0 Å². The average Bonchev–Trinajstić information content (AvgIpc) is 2.03. The Morgan fingerprint density at radius 3 is 1.93 bits per heavy atom. The summed E-state index contributed by atoms with van der Waals surface area (Å²) in [6, 6.07) is 4.42. The summed E-state index contributed by atoms with van der Waals surface area (Å²) in [5.41, 5.74) is -0.164. The van der Waals surface area contributed by atoms with E-state index in [2.05, 4.69) is 11.7 Å². The second-order valence-electron chi connectivity index (χ2n) is 2.21. The van der Waals surface area contributed by atoms with Crippen LogP contribution in [0.25, 0.3) is 0 Å². The molecule has 0 saturated heterocycles. The molecule has 0 spiro atoms. The fourth-order valence-electron chi connectivity index (χ4n) is 0.735. The molecule has 0 aliphatic carbocycles. The molecule has 0 aliphatic rings. The zero-order valence-corrected chi connectivity index (χ0v) is 10.8. The molecule has 5 nitrogen and oxygen atoms in total. The molecule has 0 aliphatic heterocycles. The molecule has 0 fully saturated rings. The van der Waals surface area contributed by atoms with Gasteiger partial charge >= 0.3 is 29.6 Å². The maximum absolute atomic E-state index is 10.8. The Morgan fingerprint density at radius 1 is 1.21 bits per heavy atom. The van der Waals surface area contributed by atoms with Crippen molar-refractivity contribution in [2.75, 3.05) is 0 Å². The van der Waals surface area contributed by atoms with Crippen LogP contribution in [0.1, 0.15) is 0 Å². The van der Waals surface area contributed by atoms with Gasteiger partial charge in [0.2, 0.25) is 0 Å². The number of nitro groups is 1. The molecule has 1 aromatic carbocycles. The van der Waals surface area contributed by atoms with Crippen LogP contribution in [-0.4, -0.2) is 13.3 Å². The third kappa shape index (κ3) is 3.58. The molecule has 0 heterocycles. The number of hydrogen-bond donors (Lipinski definition) is 0. The normalized spacial score (nSPS) is 10.4. The first-order valence-electron chi connectivity index (χ1n) is 3.11. The Labute approximate surface area is 108 Å². The van der Waals surface area contributed by atoms with Gasteiger partial charge < -0.3 is 11.7 Å². The van der Waals surface area contributed by atoms with Gasteiger partial charge in [-0.05, 0) is 12.1 Å². The van der Waals surface area contributed by atoms with E-state index in [1.165, 1.54) is 0 Å². The van der Waals surface area contributed by atoms with Crippen molar-refractivity contribution in [3.8, 4) is 0 Å². The minimum Gasteiger partial charge on any atom is -0.644 e. The molecule has 0 radical (unpaired) electrons. The van der Waals surface area contributed by atoms with Crippen molar-refractivity contribution in [2.45, 2.75) is 4.90 Å². The number of nitrogens with zero attached hydrogens (tertiary/aromatic N) is 1. The minimum absolute atomic E-state index is 0. The molecule has 0 unspecified atom stereocenters. The molecule has 0 atom stereocenters. The van der Waals surface area contributed by atoms with Gasteiger partial charge in [0.1, 0.15) is 0 Å². The predicted molar refractivity (Wildman–Crippen MR) is 47.6 cm³/mol. The Kier molecular flexibility index (Phi) is 5.10. The van der Waals surface area contributed by atoms with E-state index >= 15 is 0 Å². The van der Waals surface area contributed by atoms with Crippen molar-refractivity contribution < 1.29 is 42.9 Å². The molecule has 70 valence electrons. The van der Waals surface area contributed by atoms with Crippen LogP contribution in [-0.2, 0) is 20.5 Å². The molecule has 1 aromatic rings. The van der Waals surface area contributed by atoms with Crippen molar-refractivity contribution in [1.29, 1.82) is 0 Å². The van der Waals surface area contributed by atoms with Gasteiger partial charge in [0.05, 0.1) is 13.8 Å². The van der Waals surface area contributed by atoms with Crippen LogP contribution < -0.4 is 29.6 Å². The largest absolute Gasteiger partial charge is 1.00 e. The number of hydrogen-bond acceptors (Lipinski definition) is 5. The second kappa shape index (κ2) is 5.13. The molecule has 0 N–H and O–H groups in total. The van der Waals surface area contributed by atoms with Gasteiger partial charge in [-0.2, -0.15) is 0 Å². The van der Waals surface area contributed by atoms with E-state index < -0.39 is 13.8 Å². The molecule has 14 heavy (non-hydrogen) atoms. The van der Waals surface area contributed by atoms with E-state index in [-0.39, 0.29) is 40.1 Å². The summed E-state index contributed by atoms with van der Waals surface area (Å²) in [5.74, 6) is 0. The van der Waals surface area contributed by atoms with E-state index in [0.717, 1.165) is 24.3 Å². The van der Waals surface area contributed by atoms with Gasteiger partial charge in [-0.1, -0.05) is 0 Å². The SMILES string of the molecule is O=[N+]([O-])c1ccc(S(=O)(=O)[S-])cc1.[Na+]. The Morgan fingerprint density at radius 2 is 1.64 bits per heavy atom. The van der Waals surface area contributed by atoms with Crippen LogP contribution >= 0.6 is 0 Å². The molecule has 0 amide bonds. The van der Waals surface area contributed by atoms with Crippen LogP contribution in [0.15, 0.2) is 29.2 Å². The first-order chi connectivity index (χ1) is 5.91. The Balaban J connectivity index is 0.00000169. The van der Waals surface area contributed by atoms with Crippen molar-refractivity contribution in [3.63, 3.8) is 0 Å². The van der Waals surface area contributed by atoms with Gasteiger partial charge in [0.15, 0.2) is 0 Å². The first kappa shape index (κ1) is 13.9. The zero-order valence-electron chi connectivity index (χ0n) is 7.21. The van der Waals surface area contributed by atoms with Gasteiger partial charge in [-0.15, -0.1) is 0 Å². The number of benzene rings is 1. The summed E-state index contributed by atoms with van der Waals surface area (Å²) in [7, 11) is -3.68. The van der Waals surface area contributed by atoms with Crippen LogP contribution in [0.3, 0.4) is 0 Å². The van der Waals surface area contributed by atoms with Crippen LogP contribution in [0.5, 0.6) is 0 Å². The smallest absolute Gasteiger partial charge is 0.644 e. The van der Waals surface area contributed by atoms with Crippen molar-refractivity contribution in [2.24, 2.45) is 0 Å². The summed E-state index contributed by atoms with van der Waals surface area (Å²) in [5, 5.41) is 10.2. The average molecular weight is 241 g/mol. The fourth-order valence-corrected chi connectivity index (χ4v) is 1.54. The molecule has 0 bridgehead atoms. The van der Waals surface area contributed by atoms with Gasteiger partial charge in [0.25, 0.3) is 5.69 Å². The maximum Gasteiger partial charge on any atom is 1.00 e. The quantitative estimate of drug-likeness (QED) is 0.194. The Bertz CT molecular complexity index is 428. The van der Waals surface area contributed by atoms with Gasteiger partial charge in [-0.3, -0.25) is 10.1 Å². The molecule has 0 saturated carbocycles. The van der Waals surface area contributed by atoms with Crippen molar-refractivity contribution >= 4 is 26.2 Å². The van der Waals surface area contributed by atoms with Crippen LogP contribution in [0.2, 0.25) is 0 Å². The van der Waals surface area contributed by atoms with Gasteiger partial charge in [-0.25, -0.2) is 8.42 Å². The number of nitro benzene ring substituents is 1. The van der Waals surface area contributed by atoms with E-state index in [9.17, 15) is 18.5 Å². The van der Waals surface area contributed by atoms with E-state index in [1.54, 1.807) is 0 Å². The molecule has 0 aromatic heterocycles. The molecular formula is C6H4NNaO4S2. The molecule has 1 rings (SSSR count). The standard InChI is InChI=1S/C6H5NO4S2.Na/c8-7(9)5-1-3-6(4-2-5)13(10,11)12;/h1-4H,(H,10,11,12);/q;+1/p-1. The van der Waals surface area contributed by atoms with Crippen molar-refractivity contribution in [3.05, 3.63) is 34.4 Å². The minimum atomic E-state index is -3.68.